The molecule has 0 saturated carbocycles. The van der Waals surface area contributed by atoms with Gasteiger partial charge in [0.15, 0.2) is 0 Å². The van der Waals surface area contributed by atoms with E-state index >= 15 is 0 Å². The van der Waals surface area contributed by atoms with Crippen LogP contribution in [0.3, 0.4) is 0 Å². The molecule has 0 aliphatic carbocycles. The molecule has 1 saturated heterocycles. The summed E-state index contributed by atoms with van der Waals surface area (Å²) in [6.07, 6.45) is -0.792. The van der Waals surface area contributed by atoms with Crippen molar-refractivity contribution in [3.8, 4) is 0 Å². The molecule has 1 N–H and O–H groups in total. The predicted molar refractivity (Wildman–Crippen MR) is 82.3 cm³/mol. The molecule has 0 bridgehead atoms. The van der Waals surface area contributed by atoms with Crippen molar-refractivity contribution in [2.75, 3.05) is 36.5 Å². The van der Waals surface area contributed by atoms with Gasteiger partial charge in [0, 0.05) is 19.3 Å². The normalized spacial score (nSPS) is 15.1. The van der Waals surface area contributed by atoms with Gasteiger partial charge in [-0.15, -0.1) is 0 Å². The molecular formula is C15H14F3N5O2. The molecule has 132 valence electrons. The monoisotopic (exact) mass is 353 g/mol. The van der Waals surface area contributed by atoms with Crippen LogP contribution < -0.4 is 10.2 Å². The summed E-state index contributed by atoms with van der Waals surface area (Å²) in [5.41, 5.74) is -0.714. The molecule has 2 aromatic heterocycles. The van der Waals surface area contributed by atoms with Gasteiger partial charge in [0.05, 0.1) is 36.9 Å². The highest BCUT2D eigenvalue weighted by molar-refractivity contribution is 6.03. The summed E-state index contributed by atoms with van der Waals surface area (Å²) in [5, 5.41) is 2.52. The fraction of sp³-hybridized carbons (Fsp3) is 0.333. The van der Waals surface area contributed by atoms with E-state index in [0.717, 1.165) is 18.3 Å². The number of hydrogen-bond donors (Lipinski definition) is 1. The van der Waals surface area contributed by atoms with Gasteiger partial charge in [0.25, 0.3) is 5.91 Å². The lowest BCUT2D eigenvalue weighted by Crippen LogP contribution is -2.37. The van der Waals surface area contributed by atoms with Crippen molar-refractivity contribution in [1.82, 2.24) is 15.0 Å². The van der Waals surface area contributed by atoms with Gasteiger partial charge < -0.3 is 15.0 Å². The van der Waals surface area contributed by atoms with E-state index in [0.29, 0.717) is 37.9 Å². The Kier molecular flexibility index (Phi) is 4.79. The maximum absolute atomic E-state index is 12.5. The Bertz CT molecular complexity index is 728. The largest absolute Gasteiger partial charge is 0.433 e. The summed E-state index contributed by atoms with van der Waals surface area (Å²) >= 11 is 0. The first kappa shape index (κ1) is 17.1. The highest BCUT2D eigenvalue weighted by atomic mass is 19.4. The molecule has 0 spiro atoms. The van der Waals surface area contributed by atoms with Crippen LogP contribution in [-0.2, 0) is 10.9 Å². The van der Waals surface area contributed by atoms with Crippen LogP contribution in [0.2, 0.25) is 0 Å². The summed E-state index contributed by atoms with van der Waals surface area (Å²) in [4.78, 5) is 25.6. The molecule has 10 heteroatoms. The van der Waals surface area contributed by atoms with Gasteiger partial charge in [0.1, 0.15) is 5.69 Å². The minimum absolute atomic E-state index is 0.00487. The number of amides is 1. The van der Waals surface area contributed by atoms with E-state index in [4.69, 9.17) is 4.74 Å². The fourth-order valence-corrected chi connectivity index (χ4v) is 2.21. The van der Waals surface area contributed by atoms with Gasteiger partial charge in [0.2, 0.25) is 5.95 Å². The fourth-order valence-electron chi connectivity index (χ4n) is 2.21. The first-order chi connectivity index (χ1) is 11.9. The van der Waals surface area contributed by atoms with E-state index < -0.39 is 17.8 Å². The molecule has 1 aliphatic rings. The summed E-state index contributed by atoms with van der Waals surface area (Å²) in [6, 6.07) is 1.82. The molecule has 2 aromatic rings. The van der Waals surface area contributed by atoms with Crippen molar-refractivity contribution < 1.29 is 22.7 Å². The molecule has 0 aromatic carbocycles. The van der Waals surface area contributed by atoms with Crippen molar-refractivity contribution in [1.29, 1.82) is 0 Å². The highest BCUT2D eigenvalue weighted by Crippen LogP contribution is 2.27. The third-order valence-corrected chi connectivity index (χ3v) is 3.51. The number of rotatable bonds is 3. The van der Waals surface area contributed by atoms with E-state index in [1.165, 1.54) is 12.4 Å². The van der Waals surface area contributed by atoms with E-state index in [1.54, 1.807) is 0 Å². The van der Waals surface area contributed by atoms with Gasteiger partial charge in [-0.25, -0.2) is 9.97 Å². The van der Waals surface area contributed by atoms with Gasteiger partial charge in [-0.3, -0.25) is 9.78 Å². The lowest BCUT2D eigenvalue weighted by Gasteiger charge is -2.26. The van der Waals surface area contributed by atoms with Crippen molar-refractivity contribution in [3.63, 3.8) is 0 Å². The Morgan fingerprint density at radius 3 is 2.32 bits per heavy atom. The average Bonchev–Trinajstić information content (AvgIpc) is 2.62. The van der Waals surface area contributed by atoms with E-state index in [1.807, 2.05) is 4.90 Å². The SMILES string of the molecule is O=C(Nc1cnc(N2CCOCC2)nc1)c1ccc(C(F)(F)F)nc1. The van der Waals surface area contributed by atoms with Crippen LogP contribution in [0.25, 0.3) is 0 Å². The van der Waals surface area contributed by atoms with Crippen LogP contribution in [0.15, 0.2) is 30.7 Å². The summed E-state index contributed by atoms with van der Waals surface area (Å²) in [6.45, 7) is 2.57. The molecule has 1 fully saturated rings. The first-order valence-electron chi connectivity index (χ1n) is 7.43. The van der Waals surface area contributed by atoms with Crippen molar-refractivity contribution >= 4 is 17.5 Å². The zero-order valence-electron chi connectivity index (χ0n) is 13.0. The maximum Gasteiger partial charge on any atom is 0.433 e. The predicted octanol–water partition coefficient (Wildman–Crippen LogP) is 1.98. The molecular weight excluding hydrogens is 339 g/mol. The van der Waals surface area contributed by atoms with E-state index in [2.05, 4.69) is 20.3 Å². The summed E-state index contributed by atoms with van der Waals surface area (Å²) < 4.78 is 42.6. The number of pyridine rings is 1. The molecule has 1 aliphatic heterocycles. The number of nitrogens with zero attached hydrogens (tertiary/aromatic N) is 4. The van der Waals surface area contributed by atoms with Crippen LogP contribution in [0.5, 0.6) is 0 Å². The molecule has 7 nitrogen and oxygen atoms in total. The lowest BCUT2D eigenvalue weighted by molar-refractivity contribution is -0.141. The van der Waals surface area contributed by atoms with E-state index in [9.17, 15) is 18.0 Å². The number of morpholine rings is 1. The van der Waals surface area contributed by atoms with Crippen LogP contribution in [0, 0.1) is 0 Å². The number of ether oxygens (including phenoxy) is 1. The Balaban J connectivity index is 1.64. The Morgan fingerprint density at radius 1 is 1.08 bits per heavy atom. The minimum atomic E-state index is -4.54. The summed E-state index contributed by atoms with van der Waals surface area (Å²) in [5.74, 6) is -0.0681. The zero-order chi connectivity index (χ0) is 17.9. The van der Waals surface area contributed by atoms with Gasteiger partial charge in [-0.1, -0.05) is 0 Å². The standard InChI is InChI=1S/C15H14F3N5O2/c16-15(17,18)12-2-1-10(7-19-12)13(24)22-11-8-20-14(21-9-11)23-3-5-25-6-4-23/h1-2,7-9H,3-6H2,(H,22,24). The number of nitrogens with one attached hydrogen (secondary N) is 1. The molecule has 3 heterocycles. The number of alkyl halides is 3. The minimum Gasteiger partial charge on any atom is -0.378 e. The molecule has 1 amide bonds. The van der Waals surface area contributed by atoms with Gasteiger partial charge in [-0.05, 0) is 12.1 Å². The van der Waals surface area contributed by atoms with Crippen LogP contribution >= 0.6 is 0 Å². The molecule has 25 heavy (non-hydrogen) atoms. The Morgan fingerprint density at radius 2 is 1.76 bits per heavy atom. The topological polar surface area (TPSA) is 80.2 Å². The first-order valence-corrected chi connectivity index (χ1v) is 7.43. The number of hydrogen-bond acceptors (Lipinski definition) is 6. The molecule has 0 radical (unpaired) electrons. The highest BCUT2D eigenvalue weighted by Gasteiger charge is 2.32. The molecule has 3 rings (SSSR count). The van der Waals surface area contributed by atoms with Crippen LogP contribution in [0.1, 0.15) is 16.1 Å². The molecule has 0 unspecified atom stereocenters. The average molecular weight is 353 g/mol. The Labute approximate surface area is 140 Å². The van der Waals surface area contributed by atoms with Gasteiger partial charge in [-0.2, -0.15) is 13.2 Å². The van der Waals surface area contributed by atoms with Crippen LogP contribution in [-0.4, -0.2) is 47.2 Å². The van der Waals surface area contributed by atoms with Crippen LogP contribution in [0.4, 0.5) is 24.8 Å². The molecule has 0 atom stereocenters. The smallest absolute Gasteiger partial charge is 0.378 e. The number of anilines is 2. The summed E-state index contributed by atoms with van der Waals surface area (Å²) in [7, 11) is 0. The second kappa shape index (κ2) is 7.01. The van der Waals surface area contributed by atoms with Crippen molar-refractivity contribution in [2.45, 2.75) is 6.18 Å². The maximum atomic E-state index is 12.5. The lowest BCUT2D eigenvalue weighted by atomic mass is 10.2. The zero-order valence-corrected chi connectivity index (χ0v) is 13.0. The Hall–Kier alpha value is -2.75. The number of halogens is 3. The number of carbonyl (C=O) groups is 1. The number of carbonyl (C=O) groups excluding carboxylic acids is 1. The third kappa shape index (κ3) is 4.21. The quantitative estimate of drug-likeness (QED) is 0.909. The number of aromatic nitrogens is 3. The second-order valence-corrected chi connectivity index (χ2v) is 5.26. The van der Waals surface area contributed by atoms with Crippen molar-refractivity contribution in [2.24, 2.45) is 0 Å². The van der Waals surface area contributed by atoms with E-state index in [-0.39, 0.29) is 5.56 Å². The van der Waals surface area contributed by atoms with Crippen molar-refractivity contribution in [3.05, 3.63) is 42.0 Å². The second-order valence-electron chi connectivity index (χ2n) is 5.26. The van der Waals surface area contributed by atoms with Gasteiger partial charge >= 0.3 is 6.18 Å². The third-order valence-electron chi connectivity index (χ3n) is 3.51.